The van der Waals surface area contributed by atoms with Crippen molar-refractivity contribution in [2.75, 3.05) is 19.8 Å². The highest BCUT2D eigenvalue weighted by atomic mass is 16.6. The van der Waals surface area contributed by atoms with Crippen LogP contribution in [-0.4, -0.2) is 72.0 Å². The third-order valence-corrected chi connectivity index (χ3v) is 5.90. The molecule has 0 aromatic heterocycles. The van der Waals surface area contributed by atoms with Crippen molar-refractivity contribution in [2.24, 2.45) is 5.41 Å². The van der Waals surface area contributed by atoms with E-state index in [1.807, 2.05) is 51.1 Å². The topological polar surface area (TPSA) is 103 Å². The van der Waals surface area contributed by atoms with Crippen LogP contribution < -0.4 is 5.32 Å². The fourth-order valence-corrected chi connectivity index (χ4v) is 4.17. The molecular weight excluding hydrogens is 500 g/mol. The number of carbonyl (C=O) groups excluding carboxylic acids is 3. The van der Waals surface area contributed by atoms with Crippen LogP contribution in [0.4, 0.5) is 4.79 Å². The highest BCUT2D eigenvalue weighted by Crippen LogP contribution is 2.29. The minimum atomic E-state index is -0.914. The Bertz CT molecular complexity index is 945. The van der Waals surface area contributed by atoms with Crippen LogP contribution in [0.1, 0.15) is 80.7 Å². The highest BCUT2D eigenvalue weighted by molar-refractivity contribution is 5.91. The lowest BCUT2D eigenvalue weighted by Crippen LogP contribution is -2.57. The molecule has 1 aliphatic heterocycles. The van der Waals surface area contributed by atoms with Gasteiger partial charge in [0.05, 0.1) is 12.7 Å². The van der Waals surface area contributed by atoms with Gasteiger partial charge in [-0.25, -0.2) is 9.59 Å². The number of amides is 2. The second kappa shape index (κ2) is 13.6. The van der Waals surface area contributed by atoms with Gasteiger partial charge in [0, 0.05) is 26.2 Å². The van der Waals surface area contributed by atoms with Crippen molar-refractivity contribution in [1.82, 2.24) is 10.2 Å². The van der Waals surface area contributed by atoms with Crippen LogP contribution in [-0.2, 0) is 35.1 Å². The van der Waals surface area contributed by atoms with Crippen molar-refractivity contribution in [3.05, 3.63) is 35.9 Å². The summed E-state index contributed by atoms with van der Waals surface area (Å²) in [6.07, 6.45) is -0.0385. The largest absolute Gasteiger partial charge is 0.458 e. The quantitative estimate of drug-likeness (QED) is 0.329. The molecule has 1 aromatic carbocycles. The van der Waals surface area contributed by atoms with E-state index in [1.54, 1.807) is 41.5 Å². The summed E-state index contributed by atoms with van der Waals surface area (Å²) in [6, 6.07) is 8.21. The second-order valence-electron chi connectivity index (χ2n) is 13.1. The maximum atomic E-state index is 13.8. The van der Waals surface area contributed by atoms with E-state index in [-0.39, 0.29) is 18.6 Å². The zero-order chi connectivity index (χ0) is 29.4. The summed E-state index contributed by atoms with van der Waals surface area (Å²) < 4.78 is 22.8. The molecule has 1 fully saturated rings. The third kappa shape index (κ3) is 11.5. The Kier molecular flexibility index (Phi) is 11.4. The van der Waals surface area contributed by atoms with Crippen LogP contribution in [0.2, 0.25) is 0 Å². The summed E-state index contributed by atoms with van der Waals surface area (Å²) in [5, 5.41) is 2.73. The average Bonchev–Trinajstić information content (AvgIpc) is 3.21. The molecule has 0 spiro atoms. The summed E-state index contributed by atoms with van der Waals surface area (Å²) in [5.41, 5.74) is -0.955. The van der Waals surface area contributed by atoms with E-state index < -0.39 is 40.8 Å². The molecular formula is C30H48N2O7. The predicted octanol–water partition coefficient (Wildman–Crippen LogP) is 4.86. The zero-order valence-corrected chi connectivity index (χ0v) is 25.2. The molecule has 3 atom stereocenters. The number of rotatable bonds is 10. The van der Waals surface area contributed by atoms with Gasteiger partial charge in [-0.05, 0) is 58.9 Å². The first kappa shape index (κ1) is 32.6. The zero-order valence-electron chi connectivity index (χ0n) is 25.2. The van der Waals surface area contributed by atoms with Crippen molar-refractivity contribution >= 4 is 18.0 Å². The number of benzene rings is 1. The molecule has 9 nitrogen and oxygen atoms in total. The smallest absolute Gasteiger partial charge is 0.408 e. The van der Waals surface area contributed by atoms with Crippen LogP contribution in [0.15, 0.2) is 30.3 Å². The molecule has 0 radical (unpaired) electrons. The number of carbonyl (C=O) groups is 3. The van der Waals surface area contributed by atoms with E-state index in [0.29, 0.717) is 32.7 Å². The Morgan fingerprint density at radius 3 is 2.10 bits per heavy atom. The van der Waals surface area contributed by atoms with Gasteiger partial charge in [-0.2, -0.15) is 0 Å². The first-order valence-corrected chi connectivity index (χ1v) is 13.7. The first-order valence-electron chi connectivity index (χ1n) is 13.7. The fraction of sp³-hybridized carbons (Fsp3) is 0.700. The summed E-state index contributed by atoms with van der Waals surface area (Å²) in [7, 11) is 0. The van der Waals surface area contributed by atoms with E-state index in [2.05, 4.69) is 5.32 Å². The normalized spacial score (nSPS) is 18.9. The molecule has 1 heterocycles. The van der Waals surface area contributed by atoms with Gasteiger partial charge in [0.1, 0.15) is 23.3 Å². The minimum Gasteiger partial charge on any atom is -0.458 e. The molecule has 9 heteroatoms. The molecule has 0 aliphatic carbocycles. The number of hydrogen-bond donors (Lipinski definition) is 1. The Labute approximate surface area is 233 Å². The van der Waals surface area contributed by atoms with Gasteiger partial charge < -0.3 is 29.2 Å². The van der Waals surface area contributed by atoms with E-state index >= 15 is 0 Å². The summed E-state index contributed by atoms with van der Waals surface area (Å²) in [6.45, 7) is 17.9. The van der Waals surface area contributed by atoms with Crippen molar-refractivity contribution in [3.63, 3.8) is 0 Å². The van der Waals surface area contributed by atoms with Gasteiger partial charge in [-0.1, -0.05) is 51.1 Å². The molecule has 0 unspecified atom stereocenters. The number of nitrogens with zero attached hydrogens (tertiary/aromatic N) is 1. The molecule has 1 aromatic rings. The van der Waals surface area contributed by atoms with Gasteiger partial charge in [-0.15, -0.1) is 0 Å². The number of hydrogen-bond acceptors (Lipinski definition) is 7. The molecule has 1 aliphatic rings. The van der Waals surface area contributed by atoms with Crippen molar-refractivity contribution < 1.29 is 33.3 Å². The summed E-state index contributed by atoms with van der Waals surface area (Å²) >= 11 is 0. The third-order valence-electron chi connectivity index (χ3n) is 5.90. The van der Waals surface area contributed by atoms with Gasteiger partial charge in [-0.3, -0.25) is 4.79 Å². The van der Waals surface area contributed by atoms with E-state index in [4.69, 9.17) is 18.9 Å². The second-order valence-corrected chi connectivity index (χ2v) is 13.1. The Hall–Kier alpha value is -2.65. The molecule has 1 N–H and O–H groups in total. The lowest BCUT2D eigenvalue weighted by atomic mass is 9.85. The molecule has 0 saturated carbocycles. The number of alkyl carbamates (subject to hydrolysis) is 1. The summed E-state index contributed by atoms with van der Waals surface area (Å²) in [4.78, 5) is 41.1. The summed E-state index contributed by atoms with van der Waals surface area (Å²) in [5.74, 6) is -0.861. The van der Waals surface area contributed by atoms with Crippen LogP contribution >= 0.6 is 0 Å². The van der Waals surface area contributed by atoms with Crippen molar-refractivity contribution in [3.8, 4) is 0 Å². The molecule has 2 amide bonds. The molecule has 220 valence electrons. The van der Waals surface area contributed by atoms with Crippen LogP contribution in [0, 0.1) is 5.41 Å². The standard InChI is InChI=1S/C30H48N2O7/c1-28(2,3)24(31-27(35)39-30(7,8)9)25(33)32-19-22(18-23(32)26(34)38-29(4,5)6)37-17-13-16-36-20-21-14-11-10-12-15-21/h10-12,14-15,22-24H,13,16-20H2,1-9H3,(H,31,35)/t22-,23+,24-/m1/s1. The van der Waals surface area contributed by atoms with Crippen molar-refractivity contribution in [1.29, 1.82) is 0 Å². The number of nitrogens with one attached hydrogen (secondary N) is 1. The van der Waals surface area contributed by atoms with E-state index in [1.165, 1.54) is 4.90 Å². The molecule has 2 rings (SSSR count). The van der Waals surface area contributed by atoms with Gasteiger partial charge in [0.25, 0.3) is 0 Å². The highest BCUT2D eigenvalue weighted by Gasteiger charge is 2.46. The molecule has 1 saturated heterocycles. The van der Waals surface area contributed by atoms with Crippen molar-refractivity contribution in [2.45, 2.75) is 111 Å². The van der Waals surface area contributed by atoms with E-state index in [9.17, 15) is 14.4 Å². The number of ether oxygens (including phenoxy) is 4. The lowest BCUT2D eigenvalue weighted by molar-refractivity contribution is -0.164. The maximum absolute atomic E-state index is 13.8. The number of likely N-dealkylation sites (tertiary alicyclic amines) is 1. The van der Waals surface area contributed by atoms with Crippen LogP contribution in [0.25, 0.3) is 0 Å². The Morgan fingerprint density at radius 1 is 0.923 bits per heavy atom. The van der Waals surface area contributed by atoms with E-state index in [0.717, 1.165) is 5.56 Å². The minimum absolute atomic E-state index is 0.218. The first-order chi connectivity index (χ1) is 18.0. The Balaban J connectivity index is 2.06. The average molecular weight is 549 g/mol. The maximum Gasteiger partial charge on any atom is 0.408 e. The predicted molar refractivity (Wildman–Crippen MR) is 149 cm³/mol. The lowest BCUT2D eigenvalue weighted by Gasteiger charge is -2.36. The SMILES string of the molecule is CC(C)(C)OC(=O)N[C@H](C(=O)N1C[C@H](OCCCOCc2ccccc2)C[C@H]1C(=O)OC(C)(C)C)C(C)(C)C. The monoisotopic (exact) mass is 548 g/mol. The number of esters is 1. The van der Waals surface area contributed by atoms with Crippen LogP contribution in [0.3, 0.4) is 0 Å². The van der Waals surface area contributed by atoms with Crippen LogP contribution in [0.5, 0.6) is 0 Å². The Morgan fingerprint density at radius 2 is 1.54 bits per heavy atom. The fourth-order valence-electron chi connectivity index (χ4n) is 4.17. The van der Waals surface area contributed by atoms with Gasteiger partial charge >= 0.3 is 12.1 Å². The molecule has 39 heavy (non-hydrogen) atoms. The van der Waals surface area contributed by atoms with Gasteiger partial charge in [0.2, 0.25) is 5.91 Å². The van der Waals surface area contributed by atoms with Gasteiger partial charge in [0.15, 0.2) is 0 Å². The molecule has 0 bridgehead atoms.